The Morgan fingerprint density at radius 1 is 1.30 bits per heavy atom. The first-order valence-electron chi connectivity index (χ1n) is 7.42. The van der Waals surface area contributed by atoms with Crippen molar-refractivity contribution in [2.45, 2.75) is 33.2 Å². The summed E-state index contributed by atoms with van der Waals surface area (Å²) in [6.07, 6.45) is 0.927. The number of aromatic hydroxyl groups is 1. The van der Waals surface area contributed by atoms with Gasteiger partial charge in [-0.05, 0) is 37.0 Å². The SMILES string of the molecule is Cc1cc(F)cc([C@@H](CC(C)C)N2CCNCC2)c1O. The van der Waals surface area contributed by atoms with Gasteiger partial charge in [-0.2, -0.15) is 0 Å². The Balaban J connectivity index is 2.34. The van der Waals surface area contributed by atoms with E-state index in [1.54, 1.807) is 6.92 Å². The van der Waals surface area contributed by atoms with Gasteiger partial charge in [-0.3, -0.25) is 4.90 Å². The number of aryl methyl sites for hydroxylation is 1. The average molecular weight is 280 g/mol. The average Bonchev–Trinajstić information content (AvgIpc) is 2.41. The van der Waals surface area contributed by atoms with Crippen molar-refractivity contribution in [2.24, 2.45) is 5.92 Å². The summed E-state index contributed by atoms with van der Waals surface area (Å²) in [6.45, 7) is 9.86. The van der Waals surface area contributed by atoms with Crippen LogP contribution in [-0.4, -0.2) is 36.2 Å². The lowest BCUT2D eigenvalue weighted by Gasteiger charge is -2.36. The monoisotopic (exact) mass is 280 g/mol. The molecule has 0 spiro atoms. The first kappa shape index (κ1) is 15.3. The minimum Gasteiger partial charge on any atom is -0.507 e. The third-order valence-corrected chi connectivity index (χ3v) is 3.94. The highest BCUT2D eigenvalue weighted by atomic mass is 19.1. The molecule has 1 aliphatic heterocycles. The minimum absolute atomic E-state index is 0.0894. The van der Waals surface area contributed by atoms with E-state index in [0.717, 1.165) is 38.2 Å². The lowest BCUT2D eigenvalue weighted by atomic mass is 9.93. The van der Waals surface area contributed by atoms with Crippen molar-refractivity contribution in [3.05, 3.63) is 29.1 Å². The van der Waals surface area contributed by atoms with E-state index >= 15 is 0 Å². The molecule has 20 heavy (non-hydrogen) atoms. The van der Waals surface area contributed by atoms with E-state index in [-0.39, 0.29) is 17.6 Å². The molecule has 1 aromatic rings. The molecule has 0 saturated carbocycles. The predicted molar refractivity (Wildman–Crippen MR) is 79.4 cm³/mol. The van der Waals surface area contributed by atoms with Crippen molar-refractivity contribution >= 4 is 0 Å². The van der Waals surface area contributed by atoms with E-state index < -0.39 is 0 Å². The smallest absolute Gasteiger partial charge is 0.124 e. The number of hydrogen-bond donors (Lipinski definition) is 2. The molecule has 1 aliphatic rings. The fourth-order valence-electron chi connectivity index (χ4n) is 2.93. The maximum Gasteiger partial charge on any atom is 0.124 e. The summed E-state index contributed by atoms with van der Waals surface area (Å²) in [5, 5.41) is 13.7. The van der Waals surface area contributed by atoms with Crippen molar-refractivity contribution in [1.82, 2.24) is 10.2 Å². The summed E-state index contributed by atoms with van der Waals surface area (Å²) in [5.41, 5.74) is 1.35. The summed E-state index contributed by atoms with van der Waals surface area (Å²) in [4.78, 5) is 2.35. The zero-order valence-electron chi connectivity index (χ0n) is 12.6. The number of rotatable bonds is 4. The van der Waals surface area contributed by atoms with Crippen LogP contribution in [0.3, 0.4) is 0 Å². The molecular weight excluding hydrogens is 255 g/mol. The summed E-state index contributed by atoms with van der Waals surface area (Å²) < 4.78 is 13.7. The van der Waals surface area contributed by atoms with Crippen LogP contribution < -0.4 is 5.32 Å². The van der Waals surface area contributed by atoms with Gasteiger partial charge >= 0.3 is 0 Å². The van der Waals surface area contributed by atoms with Gasteiger partial charge in [0.1, 0.15) is 11.6 Å². The van der Waals surface area contributed by atoms with Gasteiger partial charge in [-0.25, -0.2) is 4.39 Å². The number of phenols is 1. The summed E-state index contributed by atoms with van der Waals surface area (Å²) in [7, 11) is 0. The van der Waals surface area contributed by atoms with Gasteiger partial charge in [0, 0.05) is 37.8 Å². The highest BCUT2D eigenvalue weighted by molar-refractivity contribution is 5.42. The third kappa shape index (κ3) is 3.49. The fourth-order valence-corrected chi connectivity index (χ4v) is 2.93. The molecule has 0 bridgehead atoms. The van der Waals surface area contributed by atoms with Crippen LogP contribution in [0, 0.1) is 18.7 Å². The molecular formula is C16H25FN2O. The molecule has 112 valence electrons. The Morgan fingerprint density at radius 3 is 2.55 bits per heavy atom. The normalized spacial score (nSPS) is 18.4. The van der Waals surface area contributed by atoms with E-state index in [2.05, 4.69) is 24.1 Å². The van der Waals surface area contributed by atoms with Crippen molar-refractivity contribution in [3.63, 3.8) is 0 Å². The van der Waals surface area contributed by atoms with Crippen molar-refractivity contribution in [2.75, 3.05) is 26.2 Å². The van der Waals surface area contributed by atoms with Crippen LogP contribution in [0.4, 0.5) is 4.39 Å². The summed E-state index contributed by atoms with van der Waals surface area (Å²) >= 11 is 0. The second-order valence-corrected chi connectivity index (χ2v) is 6.09. The van der Waals surface area contributed by atoms with Gasteiger partial charge in [0.15, 0.2) is 0 Å². The van der Waals surface area contributed by atoms with Crippen LogP contribution in [0.1, 0.15) is 37.4 Å². The van der Waals surface area contributed by atoms with Crippen LogP contribution in [0.2, 0.25) is 0 Å². The van der Waals surface area contributed by atoms with Gasteiger partial charge in [-0.1, -0.05) is 13.8 Å². The van der Waals surface area contributed by atoms with Gasteiger partial charge < -0.3 is 10.4 Å². The number of benzene rings is 1. The molecule has 0 amide bonds. The summed E-state index contributed by atoms with van der Waals surface area (Å²) in [5.74, 6) is 0.479. The zero-order chi connectivity index (χ0) is 14.7. The predicted octanol–water partition coefficient (Wildman–Crippen LogP) is 2.83. The number of nitrogens with one attached hydrogen (secondary N) is 1. The standard InChI is InChI=1S/C16H25FN2O/c1-11(2)8-15(19-6-4-18-5-7-19)14-10-13(17)9-12(3)16(14)20/h9-11,15,18,20H,4-8H2,1-3H3/t15-/m1/s1. The Kier molecular flexibility index (Phi) is 5.00. The van der Waals surface area contributed by atoms with Crippen LogP contribution in [0.25, 0.3) is 0 Å². The topological polar surface area (TPSA) is 35.5 Å². The summed E-state index contributed by atoms with van der Waals surface area (Å²) in [6, 6.07) is 2.98. The number of nitrogens with zero attached hydrogens (tertiary/aromatic N) is 1. The van der Waals surface area contributed by atoms with E-state index in [4.69, 9.17) is 0 Å². The number of halogens is 1. The molecule has 4 heteroatoms. The lowest BCUT2D eigenvalue weighted by Crippen LogP contribution is -2.45. The highest BCUT2D eigenvalue weighted by Gasteiger charge is 2.26. The highest BCUT2D eigenvalue weighted by Crippen LogP contribution is 2.36. The minimum atomic E-state index is -0.265. The van der Waals surface area contributed by atoms with E-state index in [1.807, 2.05) is 0 Å². The molecule has 0 radical (unpaired) electrons. The Morgan fingerprint density at radius 2 is 1.95 bits per heavy atom. The first-order chi connectivity index (χ1) is 9.49. The maximum absolute atomic E-state index is 13.7. The van der Waals surface area contributed by atoms with Crippen LogP contribution in [0.5, 0.6) is 5.75 Å². The van der Waals surface area contributed by atoms with Crippen LogP contribution in [-0.2, 0) is 0 Å². The van der Waals surface area contributed by atoms with E-state index in [1.165, 1.54) is 12.1 Å². The lowest BCUT2D eigenvalue weighted by molar-refractivity contribution is 0.151. The molecule has 3 nitrogen and oxygen atoms in total. The molecule has 1 fully saturated rings. The number of phenolic OH excluding ortho intramolecular Hbond substituents is 1. The Labute approximate surface area is 120 Å². The Hall–Kier alpha value is -1.13. The number of piperazine rings is 1. The molecule has 0 aromatic heterocycles. The quantitative estimate of drug-likeness (QED) is 0.890. The van der Waals surface area contributed by atoms with E-state index in [9.17, 15) is 9.50 Å². The zero-order valence-corrected chi connectivity index (χ0v) is 12.6. The van der Waals surface area contributed by atoms with Gasteiger partial charge in [0.2, 0.25) is 0 Å². The molecule has 2 N–H and O–H groups in total. The molecule has 2 rings (SSSR count). The molecule has 0 unspecified atom stereocenters. The van der Waals surface area contributed by atoms with Gasteiger partial charge in [-0.15, -0.1) is 0 Å². The van der Waals surface area contributed by atoms with Crippen molar-refractivity contribution < 1.29 is 9.50 Å². The van der Waals surface area contributed by atoms with Crippen LogP contribution >= 0.6 is 0 Å². The molecule has 1 heterocycles. The van der Waals surface area contributed by atoms with Gasteiger partial charge in [0.05, 0.1) is 0 Å². The van der Waals surface area contributed by atoms with E-state index in [0.29, 0.717) is 11.5 Å². The molecule has 0 aliphatic carbocycles. The molecule has 1 aromatic carbocycles. The number of hydrogen-bond acceptors (Lipinski definition) is 3. The van der Waals surface area contributed by atoms with Gasteiger partial charge in [0.25, 0.3) is 0 Å². The fraction of sp³-hybridized carbons (Fsp3) is 0.625. The van der Waals surface area contributed by atoms with Crippen LogP contribution in [0.15, 0.2) is 12.1 Å². The molecule has 1 saturated heterocycles. The maximum atomic E-state index is 13.7. The Bertz CT molecular complexity index is 456. The second-order valence-electron chi connectivity index (χ2n) is 6.09. The first-order valence-corrected chi connectivity index (χ1v) is 7.42. The molecule has 1 atom stereocenters. The van der Waals surface area contributed by atoms with Crippen molar-refractivity contribution in [1.29, 1.82) is 0 Å². The van der Waals surface area contributed by atoms with Crippen molar-refractivity contribution in [3.8, 4) is 5.75 Å². The third-order valence-electron chi connectivity index (χ3n) is 3.94. The second kappa shape index (κ2) is 6.55. The largest absolute Gasteiger partial charge is 0.507 e.